The summed E-state index contributed by atoms with van der Waals surface area (Å²) in [6, 6.07) is 12.1. The monoisotopic (exact) mass is 380 g/mol. The average Bonchev–Trinajstić information content (AvgIpc) is 3.29. The van der Waals surface area contributed by atoms with Crippen LogP contribution in [0.1, 0.15) is 23.8 Å². The first kappa shape index (κ1) is 17.8. The predicted molar refractivity (Wildman–Crippen MR) is 103 cm³/mol. The molecule has 0 spiro atoms. The molecule has 1 saturated heterocycles. The number of benzene rings is 1. The highest BCUT2D eigenvalue weighted by Gasteiger charge is 2.24. The van der Waals surface area contributed by atoms with Gasteiger partial charge in [-0.1, -0.05) is 17.7 Å². The van der Waals surface area contributed by atoms with E-state index in [1.165, 1.54) is 29.5 Å². The molecule has 1 unspecified atom stereocenters. The Labute approximate surface area is 156 Å². The number of likely N-dealkylation sites (tertiary alicyclic amines) is 1. The maximum absolute atomic E-state index is 12.2. The number of thioether (sulfide) groups is 1. The SMILES string of the molecule is O=C(CSc1ccc(Cl)cc1)NCC(c1cccs1)N1CCCC1. The Bertz CT molecular complexity index is 640. The highest BCUT2D eigenvalue weighted by molar-refractivity contribution is 8.00. The van der Waals surface area contributed by atoms with E-state index in [1.54, 1.807) is 11.3 Å². The first-order valence-corrected chi connectivity index (χ1v) is 10.4. The van der Waals surface area contributed by atoms with Gasteiger partial charge in [-0.05, 0) is 61.6 Å². The standard InChI is InChI=1S/C18H21ClN2OS2/c19-14-5-7-15(8-6-14)24-13-18(22)20-12-16(17-4-3-11-23-17)21-9-1-2-10-21/h3-8,11,16H,1-2,9-10,12-13H2,(H,20,22). The van der Waals surface area contributed by atoms with Gasteiger partial charge >= 0.3 is 0 Å². The van der Waals surface area contributed by atoms with Gasteiger partial charge in [-0.2, -0.15) is 0 Å². The Morgan fingerprint density at radius 3 is 2.67 bits per heavy atom. The largest absolute Gasteiger partial charge is 0.353 e. The smallest absolute Gasteiger partial charge is 0.230 e. The van der Waals surface area contributed by atoms with Crippen molar-refractivity contribution < 1.29 is 4.79 Å². The number of carbonyl (C=O) groups excluding carboxylic acids is 1. The number of hydrogen-bond acceptors (Lipinski definition) is 4. The Balaban J connectivity index is 1.50. The highest BCUT2D eigenvalue weighted by Crippen LogP contribution is 2.28. The van der Waals surface area contributed by atoms with Crippen LogP contribution in [0.2, 0.25) is 5.02 Å². The molecule has 3 nitrogen and oxygen atoms in total. The first-order chi connectivity index (χ1) is 11.7. The molecule has 24 heavy (non-hydrogen) atoms. The lowest BCUT2D eigenvalue weighted by Crippen LogP contribution is -2.37. The van der Waals surface area contributed by atoms with E-state index in [-0.39, 0.29) is 5.91 Å². The molecule has 1 atom stereocenters. The lowest BCUT2D eigenvalue weighted by Gasteiger charge is -2.26. The molecule has 0 saturated carbocycles. The van der Waals surface area contributed by atoms with Gasteiger partial charge in [-0.15, -0.1) is 23.1 Å². The maximum atomic E-state index is 12.2. The molecule has 0 radical (unpaired) electrons. The van der Waals surface area contributed by atoms with Gasteiger partial charge in [0.1, 0.15) is 0 Å². The van der Waals surface area contributed by atoms with E-state index in [0.29, 0.717) is 23.4 Å². The number of thiophene rings is 1. The number of amides is 1. The molecule has 2 heterocycles. The van der Waals surface area contributed by atoms with Crippen LogP contribution in [-0.4, -0.2) is 36.2 Å². The van der Waals surface area contributed by atoms with E-state index < -0.39 is 0 Å². The fourth-order valence-corrected chi connectivity index (χ4v) is 4.60. The third-order valence-corrected chi connectivity index (χ3v) is 6.37. The molecule has 2 aromatic rings. The van der Waals surface area contributed by atoms with E-state index in [2.05, 4.69) is 27.7 Å². The maximum Gasteiger partial charge on any atom is 0.230 e. The lowest BCUT2D eigenvalue weighted by atomic mass is 10.2. The number of nitrogens with one attached hydrogen (secondary N) is 1. The minimum atomic E-state index is 0.0794. The summed E-state index contributed by atoms with van der Waals surface area (Å²) in [5, 5.41) is 5.93. The minimum absolute atomic E-state index is 0.0794. The predicted octanol–water partition coefficient (Wildman–Crippen LogP) is 4.45. The molecule has 1 amide bonds. The Kier molecular flexibility index (Phi) is 6.60. The fourth-order valence-electron chi connectivity index (χ4n) is 2.89. The van der Waals surface area contributed by atoms with Gasteiger partial charge in [0.05, 0.1) is 11.8 Å². The van der Waals surface area contributed by atoms with Crippen LogP contribution in [0.3, 0.4) is 0 Å². The molecular formula is C18H21ClN2OS2. The molecular weight excluding hydrogens is 360 g/mol. The Morgan fingerprint density at radius 1 is 1.25 bits per heavy atom. The zero-order chi connectivity index (χ0) is 16.8. The molecule has 1 aromatic carbocycles. The topological polar surface area (TPSA) is 32.3 Å². The quantitative estimate of drug-likeness (QED) is 0.720. The highest BCUT2D eigenvalue weighted by atomic mass is 35.5. The van der Waals surface area contributed by atoms with Crippen LogP contribution in [0.25, 0.3) is 0 Å². The second-order valence-electron chi connectivity index (χ2n) is 5.82. The summed E-state index contributed by atoms with van der Waals surface area (Å²) in [4.78, 5) is 17.1. The summed E-state index contributed by atoms with van der Waals surface area (Å²) in [7, 11) is 0. The van der Waals surface area contributed by atoms with Crippen molar-refractivity contribution in [3.8, 4) is 0 Å². The van der Waals surface area contributed by atoms with Crippen molar-refractivity contribution in [1.29, 1.82) is 0 Å². The average molecular weight is 381 g/mol. The summed E-state index contributed by atoms with van der Waals surface area (Å²) in [5.41, 5.74) is 0. The van der Waals surface area contributed by atoms with Crippen molar-refractivity contribution in [1.82, 2.24) is 10.2 Å². The molecule has 0 aliphatic carbocycles. The Morgan fingerprint density at radius 2 is 2.00 bits per heavy atom. The summed E-state index contributed by atoms with van der Waals surface area (Å²) in [5.74, 6) is 0.509. The van der Waals surface area contributed by atoms with Crippen LogP contribution in [0, 0.1) is 0 Å². The van der Waals surface area contributed by atoms with Crippen molar-refractivity contribution in [2.24, 2.45) is 0 Å². The number of carbonyl (C=O) groups is 1. The van der Waals surface area contributed by atoms with Crippen molar-refractivity contribution in [3.05, 3.63) is 51.7 Å². The Hall–Kier alpha value is -1.01. The van der Waals surface area contributed by atoms with Gasteiger partial charge in [-0.3, -0.25) is 9.69 Å². The molecule has 1 fully saturated rings. The molecule has 1 aromatic heterocycles. The molecule has 3 rings (SSSR count). The van der Waals surface area contributed by atoms with Crippen molar-refractivity contribution >= 4 is 40.6 Å². The lowest BCUT2D eigenvalue weighted by molar-refractivity contribution is -0.118. The van der Waals surface area contributed by atoms with Gasteiger partial charge in [0.2, 0.25) is 5.91 Å². The van der Waals surface area contributed by atoms with Gasteiger partial charge in [0.15, 0.2) is 0 Å². The van der Waals surface area contributed by atoms with Crippen LogP contribution in [-0.2, 0) is 4.79 Å². The summed E-state index contributed by atoms with van der Waals surface area (Å²) < 4.78 is 0. The molecule has 1 aliphatic rings. The van der Waals surface area contributed by atoms with Crippen LogP contribution in [0.15, 0.2) is 46.7 Å². The van der Waals surface area contributed by atoms with Crippen LogP contribution in [0.4, 0.5) is 0 Å². The number of nitrogens with zero attached hydrogens (tertiary/aromatic N) is 1. The van der Waals surface area contributed by atoms with Gasteiger partial charge in [-0.25, -0.2) is 0 Å². The number of halogens is 1. The summed E-state index contributed by atoms with van der Waals surface area (Å²) >= 11 is 9.19. The van der Waals surface area contributed by atoms with Gasteiger partial charge in [0, 0.05) is 21.3 Å². The van der Waals surface area contributed by atoms with E-state index in [9.17, 15) is 4.79 Å². The molecule has 1 N–H and O–H groups in total. The zero-order valence-electron chi connectivity index (χ0n) is 13.4. The number of rotatable bonds is 7. The van der Waals surface area contributed by atoms with Crippen molar-refractivity contribution in [2.75, 3.05) is 25.4 Å². The van der Waals surface area contributed by atoms with Gasteiger partial charge in [0.25, 0.3) is 0 Å². The molecule has 6 heteroatoms. The third kappa shape index (κ3) is 4.99. The van der Waals surface area contributed by atoms with Crippen molar-refractivity contribution in [2.45, 2.75) is 23.8 Å². The fraction of sp³-hybridized carbons (Fsp3) is 0.389. The van der Waals surface area contributed by atoms with Crippen molar-refractivity contribution in [3.63, 3.8) is 0 Å². The molecule has 1 aliphatic heterocycles. The molecule has 128 valence electrons. The van der Waals surface area contributed by atoms with E-state index in [1.807, 2.05) is 24.3 Å². The van der Waals surface area contributed by atoms with E-state index >= 15 is 0 Å². The third-order valence-electron chi connectivity index (χ3n) is 4.13. The normalized spacial score (nSPS) is 16.2. The molecule has 0 bridgehead atoms. The summed E-state index contributed by atoms with van der Waals surface area (Å²) in [6.07, 6.45) is 2.50. The second-order valence-corrected chi connectivity index (χ2v) is 8.29. The zero-order valence-corrected chi connectivity index (χ0v) is 15.8. The summed E-state index contributed by atoms with van der Waals surface area (Å²) in [6.45, 7) is 2.93. The minimum Gasteiger partial charge on any atom is -0.353 e. The number of hydrogen-bond donors (Lipinski definition) is 1. The van der Waals surface area contributed by atoms with Crippen LogP contribution in [0.5, 0.6) is 0 Å². The first-order valence-electron chi connectivity index (χ1n) is 8.15. The van der Waals surface area contributed by atoms with E-state index in [4.69, 9.17) is 11.6 Å². The van der Waals surface area contributed by atoms with Crippen LogP contribution >= 0.6 is 34.7 Å². The van der Waals surface area contributed by atoms with Crippen LogP contribution < -0.4 is 5.32 Å². The second kappa shape index (κ2) is 8.90. The van der Waals surface area contributed by atoms with Gasteiger partial charge < -0.3 is 5.32 Å². The van der Waals surface area contributed by atoms with E-state index in [0.717, 1.165) is 18.0 Å².